The van der Waals surface area contributed by atoms with Gasteiger partial charge >= 0.3 is 96.4 Å². The van der Waals surface area contributed by atoms with Gasteiger partial charge in [0.05, 0.1) is 0 Å². The van der Waals surface area contributed by atoms with Gasteiger partial charge in [-0.3, -0.25) is 0 Å². The molecule has 0 unspecified atom stereocenters. The van der Waals surface area contributed by atoms with Gasteiger partial charge < -0.3 is 135 Å². The van der Waals surface area contributed by atoms with E-state index in [9.17, 15) is 0 Å². The third-order valence-corrected chi connectivity index (χ3v) is 0. The first-order chi connectivity index (χ1) is 15.6. The number of rotatable bonds is 0. The fourth-order valence-corrected chi connectivity index (χ4v) is 0. The smallest absolute Gasteiger partial charge is 0.652 e. The largest absolute Gasteiger partial charge is 6.00 e. The van der Waals surface area contributed by atoms with Gasteiger partial charge in [-0.1, -0.05) is 0 Å². The molecule has 0 amide bonds. The molecule has 0 aromatic heterocycles. The minimum Gasteiger partial charge on any atom is -0.652 e. The van der Waals surface area contributed by atoms with Crippen LogP contribution in [0.3, 0.4) is 0 Å². The molecule has 31 heteroatoms. The van der Waals surface area contributed by atoms with E-state index in [0.717, 1.165) is 0 Å². The zero-order valence-corrected chi connectivity index (χ0v) is 27.8. The summed E-state index contributed by atoms with van der Waals surface area (Å²) in [5, 5.41) is 150. The molecule has 222 valence electrons. The Morgan fingerprint density at radius 2 is 0.200 bits per heavy atom. The zero-order valence-electron chi connectivity index (χ0n) is 17.2. The molecule has 0 atom stereocenters. The predicted octanol–water partition coefficient (Wildman–Crippen LogP) is -22.0. The van der Waals surface area contributed by atoms with Crippen molar-refractivity contribution in [3.05, 3.63) is 0 Å². The molecule has 0 saturated heterocycles. The van der Waals surface area contributed by atoms with Crippen molar-refractivity contribution < 1.29 is 231 Å². The van der Waals surface area contributed by atoms with Crippen molar-refractivity contribution in [3.8, 4) is 0 Å². The van der Waals surface area contributed by atoms with Gasteiger partial charge in [-0.25, -0.2) is 0 Å². The van der Waals surface area contributed by atoms with E-state index in [0.29, 0.717) is 0 Å². The molecule has 27 nitrogen and oxygen atoms in total. The predicted molar refractivity (Wildman–Crippen MR) is 48.6 cm³/mol. The summed E-state index contributed by atoms with van der Waals surface area (Å²) in [6, 6.07) is 0. The molecule has 0 rings (SSSR count). The molecule has 0 aliphatic heterocycles. The number of hydrogen-bond acceptors (Lipinski definition) is 27. The van der Waals surface area contributed by atoms with Crippen molar-refractivity contribution >= 4 is 55.4 Å². The maximum atomic E-state index is 8.33. The van der Waals surface area contributed by atoms with E-state index >= 15 is 0 Å². The van der Waals surface area contributed by atoms with Crippen LogP contribution in [-0.4, -0.2) is 55.4 Å². The van der Waals surface area contributed by atoms with Gasteiger partial charge in [0, 0.05) is 0 Å². The normalized spacial score (nSPS) is 5.40. The summed E-state index contributed by atoms with van der Waals surface area (Å²) < 4.78 is 0. The molecule has 0 fully saturated rings. The van der Waals surface area contributed by atoms with Crippen LogP contribution in [0.1, 0.15) is 0 Å². The van der Waals surface area contributed by atoms with Crippen LogP contribution in [-0.2, 0) is 34.1 Å². The van der Waals surface area contributed by atoms with Crippen molar-refractivity contribution in [1.82, 2.24) is 0 Å². The second-order valence-electron chi connectivity index (χ2n) is 2.25. The van der Waals surface area contributed by atoms with Crippen molar-refractivity contribution in [1.29, 1.82) is 0 Å². The van der Waals surface area contributed by atoms with Gasteiger partial charge in [0.2, 0.25) is 0 Å². The Morgan fingerprint density at radius 3 is 0.200 bits per heavy atom. The fraction of sp³-hybridized carbons (Fsp3) is 0. The Labute approximate surface area is 284 Å². The van der Waals surface area contributed by atoms with Gasteiger partial charge in [-0.2, -0.15) is 0 Å². The zero-order chi connectivity index (χ0) is 32.2. The standard InChI is InChI=1S/9CH2O3.2Fe.2U/c9*2-1(3)4;;;;/h9*(H2,2,3,4);;;;/q;;;;;;;;;2*+3;2*+6/p-18. The minimum atomic E-state index is -2.33. The summed E-state index contributed by atoms with van der Waals surface area (Å²) in [4.78, 5) is 75.0. The first-order valence-electron chi connectivity index (χ1n) is 5.51. The van der Waals surface area contributed by atoms with E-state index in [1.807, 2.05) is 0 Å². The average Bonchev–Trinajstić information content (AvgIpc) is 2.39. The Hall–Kier alpha value is -3.43. The maximum Gasteiger partial charge on any atom is 6.00 e. The summed E-state index contributed by atoms with van der Waals surface area (Å²) in [7, 11) is 0. The number of carbonyl (C=O) groups excluding carboxylic acids is 9. The van der Waals surface area contributed by atoms with E-state index in [1.54, 1.807) is 0 Å². The second-order valence-corrected chi connectivity index (χ2v) is 2.25. The van der Waals surface area contributed by atoms with E-state index in [-0.39, 0.29) is 96.4 Å². The summed E-state index contributed by atoms with van der Waals surface area (Å²) in [5.41, 5.74) is 0. The van der Waals surface area contributed by atoms with Crippen molar-refractivity contribution in [2.75, 3.05) is 0 Å². The van der Waals surface area contributed by atoms with Crippen molar-refractivity contribution in [2.24, 2.45) is 0 Å². The third kappa shape index (κ3) is 3320. The van der Waals surface area contributed by atoms with E-state index in [1.165, 1.54) is 0 Å². The van der Waals surface area contributed by atoms with Gasteiger partial charge in [-0.15, -0.1) is 0 Å². The molecular weight excluding hydrogens is 1130 g/mol. The summed E-state index contributed by atoms with van der Waals surface area (Å²) in [6.07, 6.45) is -21.0. The summed E-state index contributed by atoms with van der Waals surface area (Å²) >= 11 is 0. The molecule has 0 bridgehead atoms. The van der Waals surface area contributed by atoms with Gasteiger partial charge in [0.1, 0.15) is 0 Å². The van der Waals surface area contributed by atoms with Crippen LogP contribution in [0.25, 0.3) is 0 Å². The molecule has 0 aromatic rings. The fourth-order valence-electron chi connectivity index (χ4n) is 0. The van der Waals surface area contributed by atoms with E-state index in [2.05, 4.69) is 0 Å². The van der Waals surface area contributed by atoms with Crippen LogP contribution in [0.5, 0.6) is 0 Å². The number of carboxylic acid groups (broad SMARTS) is 18. The third-order valence-electron chi connectivity index (χ3n) is 0. The molecule has 0 N–H and O–H groups in total. The van der Waals surface area contributed by atoms with Crippen LogP contribution < -0.4 is 91.9 Å². The van der Waals surface area contributed by atoms with Crippen molar-refractivity contribution in [3.63, 3.8) is 0 Å². The van der Waals surface area contributed by atoms with Crippen LogP contribution in [0.4, 0.5) is 43.2 Å². The van der Waals surface area contributed by atoms with E-state index in [4.69, 9.17) is 135 Å². The molecule has 0 aliphatic rings. The minimum absolute atomic E-state index is 0. The number of hydrogen-bond donors (Lipinski definition) is 0. The first-order valence-corrected chi connectivity index (χ1v) is 5.51. The van der Waals surface area contributed by atoms with Gasteiger partial charge in [-0.05, 0) is 55.4 Å². The summed E-state index contributed by atoms with van der Waals surface area (Å²) in [6.45, 7) is 0. The van der Waals surface area contributed by atoms with Gasteiger partial charge in [0.15, 0.2) is 0 Å². The number of carbonyl (C=O) groups is 9. The quantitative estimate of drug-likeness (QED) is 0.203. The Bertz CT molecular complexity index is 430. The van der Waals surface area contributed by atoms with Gasteiger partial charge in [0.25, 0.3) is 0 Å². The summed E-state index contributed by atoms with van der Waals surface area (Å²) in [5.74, 6) is 0. The molecular formula is C9Fe2O27U2. The monoisotopic (exact) mass is 1130 g/mol. The molecule has 2 radical (unpaired) electrons. The molecule has 0 spiro atoms. The topological polar surface area (TPSA) is 569 Å². The Morgan fingerprint density at radius 1 is 0.200 bits per heavy atom. The Kier molecular flexibility index (Phi) is 159. The van der Waals surface area contributed by atoms with Crippen LogP contribution >= 0.6 is 0 Å². The SMILES string of the molecule is O=C([O-])[O-].O=C([O-])[O-].O=C([O-])[O-].O=C([O-])[O-].O=C([O-])[O-].O=C([O-])[O-].O=C([O-])[O-].O=C([O-])[O-].O=C([O-])[O-].[Fe+3].[Fe+3].[U+6].[U+6]. The van der Waals surface area contributed by atoms with Crippen LogP contribution in [0.15, 0.2) is 0 Å². The molecule has 40 heavy (non-hydrogen) atoms. The molecule has 0 saturated carbocycles. The first kappa shape index (κ1) is 83.3. The molecule has 0 heterocycles. The average molecular weight is 1130 g/mol. The van der Waals surface area contributed by atoms with Crippen molar-refractivity contribution in [2.45, 2.75) is 0 Å². The molecule has 0 aliphatic carbocycles. The second kappa shape index (κ2) is 76.5. The van der Waals surface area contributed by atoms with Crippen LogP contribution in [0, 0.1) is 62.2 Å². The van der Waals surface area contributed by atoms with E-state index < -0.39 is 55.4 Å². The molecule has 0 aromatic carbocycles. The van der Waals surface area contributed by atoms with Crippen LogP contribution in [0.2, 0.25) is 0 Å². The Balaban J connectivity index is -0.0000000184. The maximum absolute atomic E-state index is 8.33.